The number of amides is 1. The number of aryl methyl sites for hydroxylation is 1. The molecule has 0 saturated carbocycles. The van der Waals surface area contributed by atoms with Crippen molar-refractivity contribution >= 4 is 18.2 Å². The van der Waals surface area contributed by atoms with Gasteiger partial charge in [-0.25, -0.2) is 9.97 Å². The molecule has 31 heavy (non-hydrogen) atoms. The molecule has 5 rings (SSSR count). The van der Waals surface area contributed by atoms with Crippen molar-refractivity contribution in [1.29, 1.82) is 0 Å². The minimum atomic E-state index is -0.433. The van der Waals surface area contributed by atoms with Gasteiger partial charge in [0.25, 0.3) is 6.47 Å². The van der Waals surface area contributed by atoms with Gasteiger partial charge in [-0.15, -0.1) is 0 Å². The van der Waals surface area contributed by atoms with Crippen molar-refractivity contribution in [3.63, 3.8) is 0 Å². The third kappa shape index (κ3) is 4.25. The van der Waals surface area contributed by atoms with Crippen LogP contribution in [0.1, 0.15) is 36.9 Å². The summed E-state index contributed by atoms with van der Waals surface area (Å²) < 4.78 is 0. The molecule has 0 radical (unpaired) electrons. The van der Waals surface area contributed by atoms with E-state index in [-0.39, 0.29) is 12.4 Å². The third-order valence-electron chi connectivity index (χ3n) is 6.57. The van der Waals surface area contributed by atoms with Crippen molar-refractivity contribution in [2.75, 3.05) is 24.5 Å². The van der Waals surface area contributed by atoms with Crippen LogP contribution in [0.25, 0.3) is 11.4 Å². The van der Waals surface area contributed by atoms with E-state index in [1.54, 1.807) is 0 Å². The number of β-amino-alcohol motifs (C(OH)–C–C–N with tert-alkyl or cyclic N) is 1. The van der Waals surface area contributed by atoms with Crippen LogP contribution < -0.4 is 10.2 Å². The summed E-state index contributed by atoms with van der Waals surface area (Å²) in [6.45, 7) is 1.71. The van der Waals surface area contributed by atoms with Crippen LogP contribution >= 0.6 is 0 Å². The fourth-order valence-corrected chi connectivity index (χ4v) is 4.98. The number of hydrogen-bond acceptors (Lipinski definition) is 6. The van der Waals surface area contributed by atoms with Gasteiger partial charge in [-0.3, -0.25) is 9.59 Å². The molecule has 164 valence electrons. The molecule has 8 heteroatoms. The normalized spacial score (nSPS) is 21.6. The Kier molecular flexibility index (Phi) is 6.18. The Balaban J connectivity index is 0.000000730. The molecule has 1 spiro atoms. The van der Waals surface area contributed by atoms with Gasteiger partial charge >= 0.3 is 0 Å². The van der Waals surface area contributed by atoms with Crippen LogP contribution in [-0.4, -0.2) is 58.3 Å². The molecule has 1 aliphatic carbocycles. The Morgan fingerprint density at radius 1 is 1.13 bits per heavy atom. The molecule has 3 aliphatic rings. The molecule has 8 nitrogen and oxygen atoms in total. The SMILES string of the molecule is O=C1NCC(O)CC12CCN(c1nc(-c3ccccc3)nc3c1CCC3)CC2.O=CO. The highest BCUT2D eigenvalue weighted by atomic mass is 16.3. The summed E-state index contributed by atoms with van der Waals surface area (Å²) in [5.41, 5.74) is 3.08. The highest BCUT2D eigenvalue weighted by Crippen LogP contribution is 2.41. The monoisotopic (exact) mass is 424 g/mol. The lowest BCUT2D eigenvalue weighted by molar-refractivity contribution is -0.138. The molecular formula is C23H28N4O4. The molecule has 2 fully saturated rings. The lowest BCUT2D eigenvalue weighted by Crippen LogP contribution is -2.56. The van der Waals surface area contributed by atoms with E-state index in [1.807, 2.05) is 18.2 Å². The molecule has 2 saturated heterocycles. The van der Waals surface area contributed by atoms with Crippen LogP contribution in [0.4, 0.5) is 5.82 Å². The number of rotatable bonds is 2. The number of anilines is 1. The maximum atomic E-state index is 12.5. The summed E-state index contributed by atoms with van der Waals surface area (Å²) in [5, 5.41) is 19.8. The molecule has 1 unspecified atom stereocenters. The molecule has 2 aliphatic heterocycles. The van der Waals surface area contributed by atoms with Gasteiger partial charge in [0.1, 0.15) is 5.82 Å². The van der Waals surface area contributed by atoms with E-state index >= 15 is 0 Å². The minimum Gasteiger partial charge on any atom is -0.483 e. The zero-order chi connectivity index (χ0) is 21.8. The maximum absolute atomic E-state index is 12.5. The molecule has 1 aromatic heterocycles. The largest absolute Gasteiger partial charge is 0.483 e. The van der Waals surface area contributed by atoms with Gasteiger partial charge in [0, 0.05) is 36.5 Å². The van der Waals surface area contributed by atoms with E-state index < -0.39 is 11.5 Å². The summed E-state index contributed by atoms with van der Waals surface area (Å²) in [6.07, 6.45) is 4.82. The summed E-state index contributed by atoms with van der Waals surface area (Å²) in [6, 6.07) is 10.1. The van der Waals surface area contributed by atoms with Crippen molar-refractivity contribution in [3.8, 4) is 11.4 Å². The Hall–Kier alpha value is -3.00. The molecule has 3 N–H and O–H groups in total. The van der Waals surface area contributed by atoms with Gasteiger partial charge in [-0.1, -0.05) is 30.3 Å². The second-order valence-corrected chi connectivity index (χ2v) is 8.46. The van der Waals surface area contributed by atoms with Crippen molar-refractivity contribution in [2.45, 2.75) is 44.6 Å². The first-order chi connectivity index (χ1) is 15.1. The second kappa shape index (κ2) is 9.01. The summed E-state index contributed by atoms with van der Waals surface area (Å²) >= 11 is 0. The zero-order valence-corrected chi connectivity index (χ0v) is 17.5. The number of fused-ring (bicyclic) bond motifs is 1. The number of carboxylic acid groups (broad SMARTS) is 1. The second-order valence-electron chi connectivity index (χ2n) is 8.46. The lowest BCUT2D eigenvalue weighted by atomic mass is 9.71. The predicted molar refractivity (Wildman–Crippen MR) is 116 cm³/mol. The number of carbonyl (C=O) groups is 2. The van der Waals surface area contributed by atoms with Crippen LogP contribution in [0.3, 0.4) is 0 Å². The number of piperidine rings is 2. The van der Waals surface area contributed by atoms with Crippen molar-refractivity contribution in [3.05, 3.63) is 41.6 Å². The molecule has 1 amide bonds. The lowest BCUT2D eigenvalue weighted by Gasteiger charge is -2.44. The molecule has 2 aromatic rings. The zero-order valence-electron chi connectivity index (χ0n) is 17.5. The Morgan fingerprint density at radius 2 is 1.84 bits per heavy atom. The average molecular weight is 425 g/mol. The first-order valence-corrected chi connectivity index (χ1v) is 10.8. The van der Waals surface area contributed by atoms with Gasteiger partial charge in [0.15, 0.2) is 5.82 Å². The number of carbonyl (C=O) groups excluding carboxylic acids is 1. The summed E-state index contributed by atoms with van der Waals surface area (Å²) in [7, 11) is 0. The van der Waals surface area contributed by atoms with Gasteiger partial charge in [0.05, 0.1) is 11.5 Å². The number of aliphatic hydroxyl groups excluding tert-OH is 1. The first kappa shape index (κ1) is 21.2. The van der Waals surface area contributed by atoms with E-state index in [0.717, 1.165) is 62.4 Å². The number of nitrogens with one attached hydrogen (secondary N) is 1. The van der Waals surface area contributed by atoms with E-state index in [2.05, 4.69) is 22.3 Å². The quantitative estimate of drug-likeness (QED) is 0.630. The average Bonchev–Trinajstić information content (AvgIpc) is 3.27. The van der Waals surface area contributed by atoms with E-state index in [0.29, 0.717) is 13.0 Å². The number of nitrogens with zero attached hydrogens (tertiary/aromatic N) is 3. The summed E-state index contributed by atoms with van der Waals surface area (Å²) in [4.78, 5) is 33.0. The molecule has 0 bridgehead atoms. The Morgan fingerprint density at radius 3 is 2.55 bits per heavy atom. The Bertz CT molecular complexity index is 942. The van der Waals surface area contributed by atoms with E-state index in [9.17, 15) is 9.90 Å². The molecular weight excluding hydrogens is 396 g/mol. The first-order valence-electron chi connectivity index (χ1n) is 10.8. The van der Waals surface area contributed by atoms with Gasteiger partial charge in [-0.2, -0.15) is 0 Å². The fraction of sp³-hybridized carbons (Fsp3) is 0.478. The number of aliphatic hydroxyl groups is 1. The summed E-state index contributed by atoms with van der Waals surface area (Å²) in [5.74, 6) is 1.95. The fourth-order valence-electron chi connectivity index (χ4n) is 4.98. The van der Waals surface area contributed by atoms with Crippen molar-refractivity contribution in [1.82, 2.24) is 15.3 Å². The maximum Gasteiger partial charge on any atom is 0.290 e. The van der Waals surface area contributed by atoms with E-state index in [1.165, 1.54) is 11.3 Å². The Labute approximate surface area is 181 Å². The molecule has 3 heterocycles. The van der Waals surface area contributed by atoms with Crippen LogP contribution in [0.2, 0.25) is 0 Å². The highest BCUT2D eigenvalue weighted by molar-refractivity contribution is 5.84. The van der Waals surface area contributed by atoms with Gasteiger partial charge in [-0.05, 0) is 38.5 Å². The van der Waals surface area contributed by atoms with E-state index in [4.69, 9.17) is 19.9 Å². The molecule has 1 atom stereocenters. The highest BCUT2D eigenvalue weighted by Gasteiger charge is 2.45. The van der Waals surface area contributed by atoms with Crippen LogP contribution in [0.5, 0.6) is 0 Å². The van der Waals surface area contributed by atoms with Gasteiger partial charge in [0.2, 0.25) is 5.91 Å². The predicted octanol–water partition coefficient (Wildman–Crippen LogP) is 1.80. The number of aromatic nitrogens is 2. The van der Waals surface area contributed by atoms with Gasteiger partial charge < -0.3 is 20.4 Å². The van der Waals surface area contributed by atoms with Crippen LogP contribution in [-0.2, 0) is 22.4 Å². The smallest absolute Gasteiger partial charge is 0.290 e. The van der Waals surface area contributed by atoms with Crippen LogP contribution in [0, 0.1) is 5.41 Å². The standard InChI is InChI=1S/C22H26N4O2.CH2O2/c27-16-13-22(21(28)23-14-16)9-11-26(12-10-22)20-17-7-4-8-18(17)24-19(25-20)15-5-2-1-3-6-15;2-1-3/h1-3,5-6,16,27H,4,7-14H2,(H,23,28);1H,(H,2,3). The van der Waals surface area contributed by atoms with Crippen LogP contribution in [0.15, 0.2) is 30.3 Å². The minimum absolute atomic E-state index is 0.107. The third-order valence-corrected chi connectivity index (χ3v) is 6.57. The topological polar surface area (TPSA) is 116 Å². The van der Waals surface area contributed by atoms with Crippen molar-refractivity contribution < 1.29 is 19.8 Å². The number of hydrogen-bond donors (Lipinski definition) is 3. The van der Waals surface area contributed by atoms with Crippen molar-refractivity contribution in [2.24, 2.45) is 5.41 Å². The number of benzene rings is 1. The molecule has 1 aromatic carbocycles.